The molecule has 3 heterocycles. The van der Waals surface area contributed by atoms with Crippen molar-refractivity contribution in [1.82, 2.24) is 24.6 Å². The number of piperidine rings is 1. The Morgan fingerprint density at radius 2 is 1.97 bits per heavy atom. The Labute approximate surface area is 175 Å². The number of likely N-dealkylation sites (tertiary alicyclic amines) is 1. The van der Waals surface area contributed by atoms with Crippen LogP contribution in [0.4, 0.5) is 5.69 Å². The second kappa shape index (κ2) is 8.44. The first-order valence-corrected chi connectivity index (χ1v) is 9.99. The Morgan fingerprint density at radius 1 is 1.17 bits per heavy atom. The van der Waals surface area contributed by atoms with Gasteiger partial charge in [-0.15, -0.1) is 0 Å². The summed E-state index contributed by atoms with van der Waals surface area (Å²) in [5.41, 5.74) is 2.39. The van der Waals surface area contributed by atoms with Gasteiger partial charge >= 0.3 is 0 Å². The number of amides is 2. The second-order valence-electron chi connectivity index (χ2n) is 7.54. The van der Waals surface area contributed by atoms with Crippen LogP contribution in [0, 0.1) is 6.92 Å². The fourth-order valence-electron chi connectivity index (χ4n) is 3.71. The molecule has 1 fully saturated rings. The van der Waals surface area contributed by atoms with E-state index in [-0.39, 0.29) is 17.7 Å². The summed E-state index contributed by atoms with van der Waals surface area (Å²) in [7, 11) is 1.79. The molecule has 4 rings (SSSR count). The minimum Gasteiger partial charge on any atom is -0.338 e. The summed E-state index contributed by atoms with van der Waals surface area (Å²) < 4.78 is 1.63. The molecule has 154 valence electrons. The van der Waals surface area contributed by atoms with Gasteiger partial charge in [-0.05, 0) is 31.9 Å². The maximum absolute atomic E-state index is 12.8. The van der Waals surface area contributed by atoms with Crippen LogP contribution in [0.2, 0.25) is 0 Å². The third-order valence-electron chi connectivity index (χ3n) is 5.30. The zero-order chi connectivity index (χ0) is 21.1. The number of carbonyl (C=O) groups excluding carboxylic acids is 2. The predicted molar refractivity (Wildman–Crippen MR) is 112 cm³/mol. The number of nitrogens with zero attached hydrogens (tertiary/aromatic N) is 5. The largest absolute Gasteiger partial charge is 0.338 e. The molecule has 2 amide bonds. The topological polar surface area (TPSA) is 93.0 Å². The fraction of sp³-hybridized carbons (Fsp3) is 0.318. The number of anilines is 1. The van der Waals surface area contributed by atoms with Crippen LogP contribution in [0.1, 0.15) is 51.0 Å². The van der Waals surface area contributed by atoms with E-state index in [9.17, 15) is 9.59 Å². The van der Waals surface area contributed by atoms with Crippen molar-refractivity contribution in [2.75, 3.05) is 18.4 Å². The highest BCUT2D eigenvalue weighted by Crippen LogP contribution is 2.26. The number of hydrogen-bond acceptors (Lipinski definition) is 5. The smallest absolute Gasteiger partial charge is 0.259 e. The lowest BCUT2D eigenvalue weighted by Crippen LogP contribution is -2.39. The van der Waals surface area contributed by atoms with Gasteiger partial charge in [0.15, 0.2) is 0 Å². The third kappa shape index (κ3) is 4.22. The van der Waals surface area contributed by atoms with Gasteiger partial charge in [0.1, 0.15) is 5.82 Å². The molecule has 1 saturated heterocycles. The number of benzene rings is 1. The summed E-state index contributed by atoms with van der Waals surface area (Å²) in [6, 6.07) is 9.29. The average molecular weight is 404 g/mol. The standard InChI is InChI=1S/C22H24N6O2/c1-15-19(21(29)26-18-8-4-3-5-9-18)12-23-20(25-15)16-7-6-10-28(14-16)22(30)17-11-24-27(2)13-17/h3-5,8-9,11-13,16H,6-7,10,14H2,1-2H3,(H,26,29). The molecular weight excluding hydrogens is 380 g/mol. The zero-order valence-corrected chi connectivity index (χ0v) is 17.1. The first-order chi connectivity index (χ1) is 14.5. The van der Waals surface area contributed by atoms with Gasteiger partial charge in [-0.1, -0.05) is 18.2 Å². The highest BCUT2D eigenvalue weighted by atomic mass is 16.2. The summed E-state index contributed by atoms with van der Waals surface area (Å²) in [5.74, 6) is 0.461. The molecule has 1 aliphatic rings. The normalized spacial score (nSPS) is 16.3. The van der Waals surface area contributed by atoms with Crippen LogP contribution in [-0.4, -0.2) is 49.6 Å². The minimum absolute atomic E-state index is 0.0246. The van der Waals surface area contributed by atoms with E-state index in [4.69, 9.17) is 0 Å². The van der Waals surface area contributed by atoms with Gasteiger partial charge in [0.05, 0.1) is 23.0 Å². The molecule has 0 bridgehead atoms. The van der Waals surface area contributed by atoms with E-state index < -0.39 is 0 Å². The predicted octanol–water partition coefficient (Wildman–Crippen LogP) is 2.79. The summed E-state index contributed by atoms with van der Waals surface area (Å²) in [6.45, 7) is 3.08. The van der Waals surface area contributed by atoms with E-state index in [1.165, 1.54) is 0 Å². The van der Waals surface area contributed by atoms with E-state index >= 15 is 0 Å². The number of rotatable bonds is 4. The van der Waals surface area contributed by atoms with E-state index in [1.807, 2.05) is 42.2 Å². The SMILES string of the molecule is Cc1nc(C2CCCN(C(=O)c3cnn(C)c3)C2)ncc1C(=O)Nc1ccccc1. The molecule has 1 unspecified atom stereocenters. The van der Waals surface area contributed by atoms with Crippen LogP contribution >= 0.6 is 0 Å². The van der Waals surface area contributed by atoms with Crippen molar-refractivity contribution in [3.05, 3.63) is 71.6 Å². The highest BCUT2D eigenvalue weighted by molar-refractivity contribution is 6.04. The molecule has 0 spiro atoms. The lowest BCUT2D eigenvalue weighted by Gasteiger charge is -2.32. The van der Waals surface area contributed by atoms with E-state index in [0.717, 1.165) is 18.5 Å². The van der Waals surface area contributed by atoms with E-state index in [2.05, 4.69) is 20.4 Å². The number of nitrogens with one attached hydrogen (secondary N) is 1. The van der Waals surface area contributed by atoms with Crippen molar-refractivity contribution in [3.63, 3.8) is 0 Å². The molecule has 1 N–H and O–H groups in total. The first kappa shape index (κ1) is 19.8. The van der Waals surface area contributed by atoms with Crippen molar-refractivity contribution in [2.45, 2.75) is 25.7 Å². The summed E-state index contributed by atoms with van der Waals surface area (Å²) in [4.78, 5) is 36.2. The first-order valence-electron chi connectivity index (χ1n) is 9.99. The molecule has 1 aromatic carbocycles. The van der Waals surface area contributed by atoms with Gasteiger partial charge in [-0.2, -0.15) is 5.10 Å². The van der Waals surface area contributed by atoms with Crippen molar-refractivity contribution in [3.8, 4) is 0 Å². The van der Waals surface area contributed by atoms with Crippen LogP contribution in [0.15, 0.2) is 48.9 Å². The molecule has 0 aliphatic carbocycles. The average Bonchev–Trinajstić information content (AvgIpc) is 3.20. The van der Waals surface area contributed by atoms with Gasteiger partial charge in [-0.3, -0.25) is 14.3 Å². The Kier molecular flexibility index (Phi) is 5.56. The van der Waals surface area contributed by atoms with Gasteiger partial charge in [0, 0.05) is 44.1 Å². The molecule has 1 atom stereocenters. The molecule has 8 nitrogen and oxygen atoms in total. The second-order valence-corrected chi connectivity index (χ2v) is 7.54. The number of aromatic nitrogens is 4. The monoisotopic (exact) mass is 404 g/mol. The van der Waals surface area contributed by atoms with Crippen molar-refractivity contribution < 1.29 is 9.59 Å². The lowest BCUT2D eigenvalue weighted by molar-refractivity contribution is 0.0704. The number of hydrogen-bond donors (Lipinski definition) is 1. The lowest BCUT2D eigenvalue weighted by atomic mass is 9.96. The maximum Gasteiger partial charge on any atom is 0.259 e. The minimum atomic E-state index is -0.234. The molecule has 0 radical (unpaired) electrons. The van der Waals surface area contributed by atoms with Gasteiger partial charge in [0.2, 0.25) is 0 Å². The summed E-state index contributed by atoms with van der Waals surface area (Å²) in [6.07, 6.45) is 6.69. The molecule has 8 heteroatoms. The van der Waals surface area contributed by atoms with Crippen molar-refractivity contribution >= 4 is 17.5 Å². The Bertz CT molecular complexity index is 1060. The van der Waals surface area contributed by atoms with Crippen LogP contribution in [0.3, 0.4) is 0 Å². The molecule has 30 heavy (non-hydrogen) atoms. The maximum atomic E-state index is 12.8. The third-order valence-corrected chi connectivity index (χ3v) is 5.30. The number of para-hydroxylation sites is 1. The highest BCUT2D eigenvalue weighted by Gasteiger charge is 2.28. The quantitative estimate of drug-likeness (QED) is 0.722. The Balaban J connectivity index is 1.47. The van der Waals surface area contributed by atoms with Crippen LogP contribution in [0.5, 0.6) is 0 Å². The molecular formula is C22H24N6O2. The van der Waals surface area contributed by atoms with Crippen molar-refractivity contribution in [1.29, 1.82) is 0 Å². The van der Waals surface area contributed by atoms with Crippen LogP contribution in [0.25, 0.3) is 0 Å². The molecule has 1 aliphatic heterocycles. The van der Waals surface area contributed by atoms with Gasteiger partial charge in [0.25, 0.3) is 11.8 Å². The number of aryl methyl sites for hydroxylation is 2. The Morgan fingerprint density at radius 3 is 2.67 bits per heavy atom. The zero-order valence-electron chi connectivity index (χ0n) is 17.1. The molecule has 3 aromatic rings. The van der Waals surface area contributed by atoms with E-state index in [1.54, 1.807) is 30.3 Å². The van der Waals surface area contributed by atoms with E-state index in [0.29, 0.717) is 35.7 Å². The van der Waals surface area contributed by atoms with Crippen molar-refractivity contribution in [2.24, 2.45) is 7.05 Å². The fourth-order valence-corrected chi connectivity index (χ4v) is 3.71. The van der Waals surface area contributed by atoms with Crippen LogP contribution < -0.4 is 5.32 Å². The van der Waals surface area contributed by atoms with Gasteiger partial charge < -0.3 is 10.2 Å². The summed E-state index contributed by atoms with van der Waals surface area (Å²) >= 11 is 0. The van der Waals surface area contributed by atoms with Gasteiger partial charge in [-0.25, -0.2) is 9.97 Å². The molecule has 0 saturated carbocycles. The summed E-state index contributed by atoms with van der Waals surface area (Å²) in [5, 5.41) is 6.94. The molecule has 2 aromatic heterocycles. The number of carbonyl (C=O) groups is 2. The Hall–Kier alpha value is -3.55. The van der Waals surface area contributed by atoms with Crippen LogP contribution in [-0.2, 0) is 7.05 Å².